The number of anilines is 1. The number of nitrogens with zero attached hydrogens (tertiary/aromatic N) is 2. The number of ether oxygens (including phenoxy) is 1. The van der Waals surface area contributed by atoms with Crippen molar-refractivity contribution in [3.63, 3.8) is 0 Å². The molecule has 0 spiro atoms. The number of aromatic nitrogens is 2. The van der Waals surface area contributed by atoms with Crippen LogP contribution in [0.2, 0.25) is 0 Å². The molecule has 1 aromatic heterocycles. The summed E-state index contributed by atoms with van der Waals surface area (Å²) in [6.07, 6.45) is 9.39. The Hall–Kier alpha value is -0.470. The van der Waals surface area contributed by atoms with Crippen LogP contribution in [0.5, 0.6) is 0 Å². The molecule has 3 N–H and O–H groups in total. The third-order valence-corrected chi connectivity index (χ3v) is 3.85. The van der Waals surface area contributed by atoms with E-state index >= 15 is 0 Å². The second-order valence-corrected chi connectivity index (χ2v) is 6.16. The molecule has 0 atom stereocenters. The highest BCUT2D eigenvalue weighted by molar-refractivity contribution is 14.1. The predicted molar refractivity (Wildman–Crippen MR) is 84.0 cm³/mol. The molecule has 19 heavy (non-hydrogen) atoms. The summed E-state index contributed by atoms with van der Waals surface area (Å²) in [7, 11) is 0. The fraction of sp³-hybridized carbons (Fsp3) is 0.692. The van der Waals surface area contributed by atoms with Crippen molar-refractivity contribution in [1.82, 2.24) is 9.97 Å². The monoisotopic (exact) mass is 376 g/mol. The van der Waals surface area contributed by atoms with Crippen LogP contribution in [0.25, 0.3) is 0 Å². The van der Waals surface area contributed by atoms with E-state index in [1.54, 1.807) is 12.4 Å². The summed E-state index contributed by atoms with van der Waals surface area (Å²) in [5.74, 6) is 0.684. The van der Waals surface area contributed by atoms with Crippen LogP contribution < -0.4 is 11.1 Å². The molecule has 0 amide bonds. The van der Waals surface area contributed by atoms with E-state index in [2.05, 4.69) is 37.9 Å². The fourth-order valence-corrected chi connectivity index (χ4v) is 2.46. The van der Waals surface area contributed by atoms with Crippen molar-refractivity contribution in [3.05, 3.63) is 16.0 Å². The van der Waals surface area contributed by atoms with Crippen LogP contribution in [0.3, 0.4) is 0 Å². The minimum atomic E-state index is 0.388. The first kappa shape index (κ1) is 14.9. The summed E-state index contributed by atoms with van der Waals surface area (Å²) >= 11 is 2.19. The maximum absolute atomic E-state index is 5.87. The molecule has 1 aliphatic carbocycles. The van der Waals surface area contributed by atoms with Crippen LogP contribution in [0, 0.1) is 3.57 Å². The van der Waals surface area contributed by atoms with E-state index in [-0.39, 0.29) is 0 Å². The topological polar surface area (TPSA) is 73.1 Å². The first-order valence-electron chi connectivity index (χ1n) is 6.82. The van der Waals surface area contributed by atoms with Crippen LogP contribution in [-0.4, -0.2) is 35.3 Å². The molecule has 0 aromatic carbocycles. The van der Waals surface area contributed by atoms with E-state index in [9.17, 15) is 0 Å². The highest BCUT2D eigenvalue weighted by Gasteiger charge is 2.18. The Bertz CT molecular complexity index is 365. The van der Waals surface area contributed by atoms with Crippen molar-refractivity contribution >= 4 is 28.5 Å². The minimum Gasteiger partial charge on any atom is -0.378 e. The molecule has 1 saturated carbocycles. The molecular formula is C13H21IN4O. The van der Waals surface area contributed by atoms with Gasteiger partial charge in [-0.25, -0.2) is 9.97 Å². The van der Waals surface area contributed by atoms with Gasteiger partial charge in [-0.15, -0.1) is 0 Å². The van der Waals surface area contributed by atoms with Gasteiger partial charge in [0.15, 0.2) is 0 Å². The Labute approximate surface area is 127 Å². The Morgan fingerprint density at radius 1 is 1.26 bits per heavy atom. The minimum absolute atomic E-state index is 0.388. The van der Waals surface area contributed by atoms with E-state index in [0.717, 1.165) is 48.8 Å². The van der Waals surface area contributed by atoms with Gasteiger partial charge in [-0.1, -0.05) is 0 Å². The number of halogens is 1. The van der Waals surface area contributed by atoms with E-state index in [4.69, 9.17) is 10.5 Å². The van der Waals surface area contributed by atoms with Crippen molar-refractivity contribution < 1.29 is 4.74 Å². The lowest BCUT2D eigenvalue weighted by Gasteiger charge is -2.26. The smallest absolute Gasteiger partial charge is 0.222 e. The second-order valence-electron chi connectivity index (χ2n) is 4.91. The zero-order valence-electron chi connectivity index (χ0n) is 11.0. The Morgan fingerprint density at radius 3 is 2.63 bits per heavy atom. The number of hydrogen-bond donors (Lipinski definition) is 2. The highest BCUT2D eigenvalue weighted by atomic mass is 127. The molecule has 0 bridgehead atoms. The van der Waals surface area contributed by atoms with Gasteiger partial charge < -0.3 is 15.8 Å². The maximum Gasteiger partial charge on any atom is 0.222 e. The normalized spacial score (nSPS) is 23.3. The largest absolute Gasteiger partial charge is 0.378 e. The van der Waals surface area contributed by atoms with Gasteiger partial charge in [-0.05, 0) is 54.7 Å². The molecule has 2 rings (SSSR count). The van der Waals surface area contributed by atoms with Crippen LogP contribution in [0.15, 0.2) is 12.4 Å². The summed E-state index contributed by atoms with van der Waals surface area (Å²) < 4.78 is 6.89. The van der Waals surface area contributed by atoms with Crippen LogP contribution in [0.1, 0.15) is 32.1 Å². The Kier molecular flexibility index (Phi) is 6.25. The maximum atomic E-state index is 5.87. The SMILES string of the molecule is NC1CCC(OCCCNc2ncc(I)cn2)CC1. The molecule has 6 heteroatoms. The summed E-state index contributed by atoms with van der Waals surface area (Å²) in [5.41, 5.74) is 5.87. The zero-order valence-corrected chi connectivity index (χ0v) is 13.2. The molecule has 0 radical (unpaired) electrons. The van der Waals surface area contributed by atoms with Crippen molar-refractivity contribution in [2.75, 3.05) is 18.5 Å². The summed E-state index contributed by atoms with van der Waals surface area (Å²) in [5, 5.41) is 3.19. The molecule has 1 aromatic rings. The Morgan fingerprint density at radius 2 is 1.95 bits per heavy atom. The van der Waals surface area contributed by atoms with Gasteiger partial charge in [0.25, 0.3) is 0 Å². The van der Waals surface area contributed by atoms with E-state index in [0.29, 0.717) is 18.1 Å². The molecule has 0 aliphatic heterocycles. The molecule has 1 aliphatic rings. The van der Waals surface area contributed by atoms with Crippen molar-refractivity contribution in [1.29, 1.82) is 0 Å². The molecule has 1 fully saturated rings. The molecule has 106 valence electrons. The van der Waals surface area contributed by atoms with Crippen LogP contribution >= 0.6 is 22.6 Å². The van der Waals surface area contributed by atoms with E-state index < -0.39 is 0 Å². The first-order chi connectivity index (χ1) is 9.24. The van der Waals surface area contributed by atoms with E-state index in [1.165, 1.54) is 0 Å². The lowest BCUT2D eigenvalue weighted by atomic mass is 9.94. The number of nitrogens with two attached hydrogens (primary N) is 1. The van der Waals surface area contributed by atoms with E-state index in [1.807, 2.05) is 0 Å². The number of rotatable bonds is 6. The standard InChI is InChI=1S/C13H21IN4O/c14-10-8-17-13(18-9-10)16-6-1-7-19-12-4-2-11(15)3-5-12/h8-9,11-12H,1-7,15H2,(H,16,17,18). The summed E-state index contributed by atoms with van der Waals surface area (Å²) in [6.45, 7) is 1.63. The average molecular weight is 376 g/mol. The van der Waals surface area contributed by atoms with Gasteiger partial charge in [0.05, 0.1) is 6.10 Å². The quantitative estimate of drug-likeness (QED) is 0.588. The fourth-order valence-electron chi connectivity index (χ4n) is 2.18. The van der Waals surface area contributed by atoms with Crippen LogP contribution in [-0.2, 0) is 4.74 Å². The van der Waals surface area contributed by atoms with Gasteiger partial charge in [0.2, 0.25) is 5.95 Å². The molecular weight excluding hydrogens is 355 g/mol. The molecule has 0 unspecified atom stereocenters. The molecule has 1 heterocycles. The number of hydrogen-bond acceptors (Lipinski definition) is 5. The van der Waals surface area contributed by atoms with Gasteiger partial charge >= 0.3 is 0 Å². The number of nitrogens with one attached hydrogen (secondary N) is 1. The van der Waals surface area contributed by atoms with Crippen molar-refractivity contribution in [2.45, 2.75) is 44.2 Å². The van der Waals surface area contributed by atoms with Crippen molar-refractivity contribution in [2.24, 2.45) is 5.73 Å². The molecule has 0 saturated heterocycles. The average Bonchev–Trinajstić information content (AvgIpc) is 2.43. The lowest BCUT2D eigenvalue weighted by molar-refractivity contribution is 0.0251. The van der Waals surface area contributed by atoms with Gasteiger partial charge in [0.1, 0.15) is 0 Å². The predicted octanol–water partition coefficient (Wildman–Crippen LogP) is 2.17. The van der Waals surface area contributed by atoms with Gasteiger partial charge in [-0.3, -0.25) is 0 Å². The second kappa shape index (κ2) is 7.96. The van der Waals surface area contributed by atoms with Gasteiger partial charge in [-0.2, -0.15) is 0 Å². The third kappa shape index (κ3) is 5.58. The third-order valence-electron chi connectivity index (χ3n) is 3.30. The zero-order chi connectivity index (χ0) is 13.5. The Balaban J connectivity index is 1.53. The highest BCUT2D eigenvalue weighted by Crippen LogP contribution is 2.19. The summed E-state index contributed by atoms with van der Waals surface area (Å²) in [6, 6.07) is 0.388. The lowest BCUT2D eigenvalue weighted by Crippen LogP contribution is -2.30. The first-order valence-corrected chi connectivity index (χ1v) is 7.90. The van der Waals surface area contributed by atoms with Gasteiger partial charge in [0, 0.05) is 35.2 Å². The van der Waals surface area contributed by atoms with Crippen LogP contribution in [0.4, 0.5) is 5.95 Å². The molecule has 5 nitrogen and oxygen atoms in total. The summed E-state index contributed by atoms with van der Waals surface area (Å²) in [4.78, 5) is 8.38. The van der Waals surface area contributed by atoms with Crippen molar-refractivity contribution in [3.8, 4) is 0 Å².